The van der Waals surface area contributed by atoms with Gasteiger partial charge in [0, 0.05) is 32.8 Å². The number of rotatable bonds is 4. The Morgan fingerprint density at radius 3 is 2.83 bits per heavy atom. The fourth-order valence-electron chi connectivity index (χ4n) is 3.89. The largest absolute Gasteiger partial charge is 0.472 e. The molecule has 3 saturated heterocycles. The second kappa shape index (κ2) is 6.86. The fraction of sp³-hybridized carbons (Fsp3) is 0.722. The van der Waals surface area contributed by atoms with Crippen LogP contribution in [0.2, 0.25) is 0 Å². The van der Waals surface area contributed by atoms with Gasteiger partial charge in [-0.15, -0.1) is 0 Å². The van der Waals surface area contributed by atoms with Gasteiger partial charge in [-0.05, 0) is 31.2 Å². The van der Waals surface area contributed by atoms with Crippen molar-refractivity contribution in [3.63, 3.8) is 0 Å². The van der Waals surface area contributed by atoms with Gasteiger partial charge in [0.15, 0.2) is 0 Å². The van der Waals surface area contributed by atoms with Gasteiger partial charge in [0.2, 0.25) is 0 Å². The SMILES string of the molecule is O=C(c1ccoc1)N1CC2(CC(OCC3CCOCC3)CCO2)C1. The van der Waals surface area contributed by atoms with Crippen molar-refractivity contribution in [1.29, 1.82) is 0 Å². The first kappa shape index (κ1) is 16.1. The molecule has 3 fully saturated rings. The Hall–Kier alpha value is -1.37. The lowest BCUT2D eigenvalue weighted by molar-refractivity contribution is -0.188. The topological polar surface area (TPSA) is 61.1 Å². The lowest BCUT2D eigenvalue weighted by Gasteiger charge is -2.53. The van der Waals surface area contributed by atoms with Gasteiger partial charge in [-0.1, -0.05) is 0 Å². The van der Waals surface area contributed by atoms with Gasteiger partial charge < -0.3 is 23.5 Å². The average Bonchev–Trinajstić information content (AvgIpc) is 3.13. The van der Waals surface area contributed by atoms with Crippen LogP contribution in [-0.2, 0) is 14.2 Å². The third kappa shape index (κ3) is 3.36. The zero-order valence-electron chi connectivity index (χ0n) is 13.9. The van der Waals surface area contributed by atoms with Crippen LogP contribution in [0, 0.1) is 5.92 Å². The van der Waals surface area contributed by atoms with Crippen LogP contribution in [0.3, 0.4) is 0 Å². The summed E-state index contributed by atoms with van der Waals surface area (Å²) in [6.07, 6.45) is 7.29. The summed E-state index contributed by atoms with van der Waals surface area (Å²) in [6.45, 7) is 4.55. The van der Waals surface area contributed by atoms with E-state index in [0.29, 0.717) is 31.2 Å². The van der Waals surface area contributed by atoms with E-state index in [1.165, 1.54) is 12.5 Å². The minimum absolute atomic E-state index is 0.0169. The summed E-state index contributed by atoms with van der Waals surface area (Å²) in [5.41, 5.74) is 0.394. The van der Waals surface area contributed by atoms with Crippen molar-refractivity contribution >= 4 is 5.91 Å². The van der Waals surface area contributed by atoms with Gasteiger partial charge in [-0.25, -0.2) is 0 Å². The summed E-state index contributed by atoms with van der Waals surface area (Å²) >= 11 is 0. The van der Waals surface area contributed by atoms with Crippen LogP contribution >= 0.6 is 0 Å². The van der Waals surface area contributed by atoms with E-state index < -0.39 is 0 Å². The second-order valence-electron chi connectivity index (χ2n) is 7.21. The molecule has 0 saturated carbocycles. The number of hydrogen-bond acceptors (Lipinski definition) is 5. The van der Waals surface area contributed by atoms with Crippen LogP contribution < -0.4 is 0 Å². The molecule has 1 aromatic heterocycles. The zero-order chi connectivity index (χ0) is 16.4. The van der Waals surface area contributed by atoms with E-state index in [1.54, 1.807) is 6.07 Å². The molecule has 0 N–H and O–H groups in total. The molecule has 0 radical (unpaired) electrons. The van der Waals surface area contributed by atoms with Crippen LogP contribution in [0.5, 0.6) is 0 Å². The predicted molar refractivity (Wildman–Crippen MR) is 85.8 cm³/mol. The molecular formula is C18H25NO5. The summed E-state index contributed by atoms with van der Waals surface area (Å²) in [5.74, 6) is 0.640. The Morgan fingerprint density at radius 2 is 2.08 bits per heavy atom. The molecule has 1 amide bonds. The molecule has 132 valence electrons. The maximum absolute atomic E-state index is 12.3. The Bertz CT molecular complexity index is 546. The van der Waals surface area contributed by atoms with Crippen LogP contribution in [0.1, 0.15) is 36.0 Å². The Labute approximate surface area is 142 Å². The van der Waals surface area contributed by atoms with Crippen molar-refractivity contribution in [3.05, 3.63) is 24.2 Å². The number of likely N-dealkylation sites (tertiary alicyclic amines) is 1. The molecule has 4 rings (SSSR count). The molecule has 24 heavy (non-hydrogen) atoms. The van der Waals surface area contributed by atoms with Gasteiger partial charge in [-0.2, -0.15) is 0 Å². The van der Waals surface area contributed by atoms with Crippen LogP contribution in [0.15, 0.2) is 23.0 Å². The van der Waals surface area contributed by atoms with E-state index in [2.05, 4.69) is 0 Å². The summed E-state index contributed by atoms with van der Waals surface area (Å²) < 4.78 is 22.6. The highest BCUT2D eigenvalue weighted by molar-refractivity contribution is 5.94. The minimum atomic E-state index is -0.210. The number of carbonyl (C=O) groups is 1. The van der Waals surface area contributed by atoms with Crippen molar-refractivity contribution in [3.8, 4) is 0 Å². The second-order valence-corrected chi connectivity index (χ2v) is 7.21. The van der Waals surface area contributed by atoms with Crippen LogP contribution in [0.4, 0.5) is 0 Å². The van der Waals surface area contributed by atoms with Gasteiger partial charge in [0.05, 0.1) is 31.0 Å². The maximum Gasteiger partial charge on any atom is 0.257 e. The third-order valence-electron chi connectivity index (χ3n) is 5.37. The molecule has 0 bridgehead atoms. The van der Waals surface area contributed by atoms with Gasteiger partial charge in [0.25, 0.3) is 5.91 Å². The van der Waals surface area contributed by atoms with Gasteiger partial charge >= 0.3 is 0 Å². The summed E-state index contributed by atoms with van der Waals surface area (Å²) in [7, 11) is 0. The van der Waals surface area contributed by atoms with Crippen molar-refractivity contribution in [2.75, 3.05) is 39.5 Å². The number of ether oxygens (including phenoxy) is 3. The van der Waals surface area contributed by atoms with E-state index in [1.807, 2.05) is 4.90 Å². The predicted octanol–water partition coefficient (Wildman–Crippen LogP) is 2.10. The number of carbonyl (C=O) groups excluding carboxylic acids is 1. The van der Waals surface area contributed by atoms with Crippen molar-refractivity contribution in [2.45, 2.75) is 37.4 Å². The highest BCUT2D eigenvalue weighted by Gasteiger charge is 2.49. The van der Waals surface area contributed by atoms with Crippen molar-refractivity contribution < 1.29 is 23.4 Å². The van der Waals surface area contributed by atoms with Crippen molar-refractivity contribution in [1.82, 2.24) is 4.90 Å². The molecule has 1 aromatic rings. The first-order valence-corrected chi connectivity index (χ1v) is 8.89. The molecule has 3 aliphatic rings. The van der Waals surface area contributed by atoms with E-state index in [9.17, 15) is 4.79 Å². The maximum atomic E-state index is 12.3. The highest BCUT2D eigenvalue weighted by atomic mass is 16.5. The molecular weight excluding hydrogens is 310 g/mol. The van der Waals surface area contributed by atoms with E-state index in [4.69, 9.17) is 18.6 Å². The summed E-state index contributed by atoms with van der Waals surface area (Å²) in [5, 5.41) is 0. The molecule has 3 aliphatic heterocycles. The standard InChI is InChI=1S/C18H25NO5/c20-17(15-3-7-22-11-15)19-12-18(13-19)9-16(4-8-24-18)23-10-14-1-5-21-6-2-14/h3,7,11,14,16H,1-2,4-6,8-10,12-13H2. The first-order chi connectivity index (χ1) is 11.7. The number of furan rings is 1. The van der Waals surface area contributed by atoms with Crippen LogP contribution in [0.25, 0.3) is 0 Å². The van der Waals surface area contributed by atoms with E-state index >= 15 is 0 Å². The lowest BCUT2D eigenvalue weighted by atomic mass is 9.84. The molecule has 1 atom stereocenters. The van der Waals surface area contributed by atoms with E-state index in [0.717, 1.165) is 45.5 Å². The first-order valence-electron chi connectivity index (χ1n) is 8.89. The molecule has 6 nitrogen and oxygen atoms in total. The average molecular weight is 335 g/mol. The lowest BCUT2D eigenvalue weighted by Crippen LogP contribution is -2.67. The summed E-state index contributed by atoms with van der Waals surface area (Å²) in [4.78, 5) is 14.1. The fourth-order valence-corrected chi connectivity index (χ4v) is 3.89. The van der Waals surface area contributed by atoms with Crippen LogP contribution in [-0.4, -0.2) is 62.0 Å². The van der Waals surface area contributed by atoms with Crippen molar-refractivity contribution in [2.24, 2.45) is 5.92 Å². The molecule has 4 heterocycles. The van der Waals surface area contributed by atoms with Gasteiger partial charge in [0.1, 0.15) is 11.9 Å². The number of nitrogens with zero attached hydrogens (tertiary/aromatic N) is 1. The molecule has 0 aliphatic carbocycles. The Kier molecular flexibility index (Phi) is 4.61. The molecule has 1 spiro atoms. The quantitative estimate of drug-likeness (QED) is 0.843. The molecule has 6 heteroatoms. The highest BCUT2D eigenvalue weighted by Crippen LogP contribution is 2.36. The van der Waals surface area contributed by atoms with Gasteiger partial charge in [-0.3, -0.25) is 4.79 Å². The Balaban J connectivity index is 1.26. The Morgan fingerprint density at radius 1 is 1.25 bits per heavy atom. The normalized spacial score (nSPS) is 27.2. The molecule has 0 aromatic carbocycles. The third-order valence-corrected chi connectivity index (χ3v) is 5.37. The molecule has 1 unspecified atom stereocenters. The number of hydrogen-bond donors (Lipinski definition) is 0. The zero-order valence-corrected chi connectivity index (χ0v) is 13.9. The smallest absolute Gasteiger partial charge is 0.257 e. The number of amides is 1. The minimum Gasteiger partial charge on any atom is -0.472 e. The summed E-state index contributed by atoms with van der Waals surface area (Å²) in [6, 6.07) is 1.70. The van der Waals surface area contributed by atoms with E-state index in [-0.39, 0.29) is 17.6 Å². The monoisotopic (exact) mass is 335 g/mol.